The number of hydrogen-bond acceptors (Lipinski definition) is 2. The maximum absolute atomic E-state index is 12.5. The Morgan fingerprint density at radius 3 is 2.48 bits per heavy atom. The Morgan fingerprint density at radius 2 is 1.86 bits per heavy atom. The summed E-state index contributed by atoms with van der Waals surface area (Å²) in [5.74, 6) is 0.284. The maximum atomic E-state index is 12.5. The van der Waals surface area contributed by atoms with Gasteiger partial charge in [-0.3, -0.25) is 9.20 Å². The first-order valence-corrected chi connectivity index (χ1v) is 7.30. The summed E-state index contributed by atoms with van der Waals surface area (Å²) in [5, 5.41) is 0. The lowest BCUT2D eigenvalue weighted by atomic mass is 10.0. The van der Waals surface area contributed by atoms with E-state index < -0.39 is 0 Å². The molecule has 0 aliphatic rings. The first-order chi connectivity index (χ1) is 10.1. The Balaban J connectivity index is 2.37. The largest absolute Gasteiger partial charge is 0.311 e. The predicted octanol–water partition coefficient (Wildman–Crippen LogP) is 3.31. The van der Waals surface area contributed by atoms with Crippen molar-refractivity contribution in [2.75, 3.05) is 0 Å². The van der Waals surface area contributed by atoms with Crippen molar-refractivity contribution in [3.8, 4) is 11.3 Å². The summed E-state index contributed by atoms with van der Waals surface area (Å²) in [5.41, 5.74) is 3.49. The van der Waals surface area contributed by atoms with Gasteiger partial charge in [-0.05, 0) is 12.8 Å². The topological polar surface area (TPSA) is 39.3 Å². The van der Waals surface area contributed by atoms with E-state index in [-0.39, 0.29) is 11.5 Å². The molecule has 21 heavy (non-hydrogen) atoms. The smallest absolute Gasteiger partial charge is 0.294 e. The molecule has 4 heteroatoms. The lowest BCUT2D eigenvalue weighted by Gasteiger charge is -2.09. The van der Waals surface area contributed by atoms with Crippen molar-refractivity contribution in [3.05, 3.63) is 58.8 Å². The second-order valence-corrected chi connectivity index (χ2v) is 5.45. The normalized spacial score (nSPS) is 11.4. The minimum absolute atomic E-state index is 0.0379. The van der Waals surface area contributed by atoms with Crippen LogP contribution in [0.1, 0.15) is 32.4 Å². The van der Waals surface area contributed by atoms with E-state index in [0.29, 0.717) is 12.2 Å². The lowest BCUT2D eigenvalue weighted by Crippen LogP contribution is -2.21. The second-order valence-electron chi connectivity index (χ2n) is 5.45. The third-order valence-electron chi connectivity index (χ3n) is 3.73. The number of benzene rings is 1. The van der Waals surface area contributed by atoms with Crippen LogP contribution in [0.25, 0.3) is 16.9 Å². The van der Waals surface area contributed by atoms with Gasteiger partial charge in [0.25, 0.3) is 5.56 Å². The number of nitrogens with zero attached hydrogens (tertiary/aromatic N) is 3. The van der Waals surface area contributed by atoms with Gasteiger partial charge < -0.3 is 4.57 Å². The van der Waals surface area contributed by atoms with E-state index >= 15 is 0 Å². The van der Waals surface area contributed by atoms with Crippen molar-refractivity contribution in [1.29, 1.82) is 0 Å². The molecule has 2 aromatic heterocycles. The summed E-state index contributed by atoms with van der Waals surface area (Å²) in [6, 6.07) is 10.0. The van der Waals surface area contributed by atoms with Gasteiger partial charge in [0.2, 0.25) is 5.65 Å². The summed E-state index contributed by atoms with van der Waals surface area (Å²) < 4.78 is 3.61. The zero-order chi connectivity index (χ0) is 15.0. The fraction of sp³-hybridized carbons (Fsp3) is 0.294. The second kappa shape index (κ2) is 5.20. The highest BCUT2D eigenvalue weighted by Gasteiger charge is 2.18. The van der Waals surface area contributed by atoms with Crippen LogP contribution in [0.3, 0.4) is 0 Å². The number of aromatic nitrogens is 3. The fourth-order valence-electron chi connectivity index (χ4n) is 2.70. The van der Waals surface area contributed by atoms with Gasteiger partial charge in [0.15, 0.2) is 0 Å². The van der Waals surface area contributed by atoms with Gasteiger partial charge in [-0.1, -0.05) is 44.2 Å². The third kappa shape index (κ3) is 2.17. The molecule has 3 rings (SSSR count). The van der Waals surface area contributed by atoms with Crippen molar-refractivity contribution >= 4 is 5.65 Å². The van der Waals surface area contributed by atoms with Gasteiger partial charge in [0.1, 0.15) is 0 Å². The Bertz CT molecular complexity index is 828. The molecular weight excluding hydrogens is 262 g/mol. The number of rotatable bonds is 3. The van der Waals surface area contributed by atoms with Crippen molar-refractivity contribution in [2.24, 2.45) is 0 Å². The van der Waals surface area contributed by atoms with Crippen molar-refractivity contribution in [3.63, 3.8) is 0 Å². The summed E-state index contributed by atoms with van der Waals surface area (Å²) in [7, 11) is 0. The first-order valence-electron chi connectivity index (χ1n) is 7.30. The summed E-state index contributed by atoms with van der Waals surface area (Å²) in [6.45, 7) is 6.87. The molecule has 0 unspecified atom stereocenters. The summed E-state index contributed by atoms with van der Waals surface area (Å²) in [4.78, 5) is 17.1. The minimum atomic E-state index is -0.0379. The quantitative estimate of drug-likeness (QED) is 0.739. The molecule has 2 heterocycles. The third-order valence-corrected chi connectivity index (χ3v) is 3.73. The molecular formula is C17H19N3O. The average Bonchev–Trinajstić information content (AvgIpc) is 2.89. The van der Waals surface area contributed by atoms with E-state index in [1.807, 2.05) is 54.0 Å². The Kier molecular flexibility index (Phi) is 3.37. The highest BCUT2D eigenvalue weighted by molar-refractivity contribution is 5.66. The van der Waals surface area contributed by atoms with Crippen LogP contribution in [-0.2, 0) is 6.54 Å². The maximum Gasteiger partial charge on any atom is 0.294 e. The van der Waals surface area contributed by atoms with Gasteiger partial charge in [-0.25, -0.2) is 4.98 Å². The molecule has 0 aliphatic heterocycles. The van der Waals surface area contributed by atoms with Crippen LogP contribution < -0.4 is 5.56 Å². The average molecular weight is 281 g/mol. The van der Waals surface area contributed by atoms with Gasteiger partial charge >= 0.3 is 0 Å². The Labute approximate surface area is 123 Å². The van der Waals surface area contributed by atoms with Crippen LogP contribution in [0.5, 0.6) is 0 Å². The van der Waals surface area contributed by atoms with Crippen LogP contribution in [0.2, 0.25) is 0 Å². The zero-order valence-corrected chi connectivity index (χ0v) is 12.6. The molecule has 0 aliphatic carbocycles. The van der Waals surface area contributed by atoms with E-state index in [0.717, 1.165) is 17.0 Å². The monoisotopic (exact) mass is 281 g/mol. The zero-order valence-electron chi connectivity index (χ0n) is 12.6. The van der Waals surface area contributed by atoms with Gasteiger partial charge in [0.05, 0.1) is 11.4 Å². The summed E-state index contributed by atoms with van der Waals surface area (Å²) >= 11 is 0. The molecule has 0 amide bonds. The van der Waals surface area contributed by atoms with Crippen LogP contribution in [0.15, 0.2) is 47.5 Å². The Hall–Kier alpha value is -2.36. The molecule has 4 nitrogen and oxygen atoms in total. The SMILES string of the molecule is CCn1ccn2c(C(C)C)c(-c3ccccc3)nc2c1=O. The molecule has 0 fully saturated rings. The van der Waals surface area contributed by atoms with Gasteiger partial charge in [-0.2, -0.15) is 0 Å². The van der Waals surface area contributed by atoms with Crippen LogP contribution in [-0.4, -0.2) is 14.0 Å². The molecule has 0 saturated carbocycles. The number of aryl methyl sites for hydroxylation is 1. The van der Waals surface area contributed by atoms with Crippen LogP contribution in [0.4, 0.5) is 0 Å². The van der Waals surface area contributed by atoms with Gasteiger partial charge in [-0.15, -0.1) is 0 Å². The van der Waals surface area contributed by atoms with E-state index in [1.54, 1.807) is 4.57 Å². The van der Waals surface area contributed by atoms with E-state index in [4.69, 9.17) is 0 Å². The molecule has 0 N–H and O–H groups in total. The van der Waals surface area contributed by atoms with E-state index in [1.165, 1.54) is 0 Å². The van der Waals surface area contributed by atoms with Crippen LogP contribution >= 0.6 is 0 Å². The van der Waals surface area contributed by atoms with Crippen molar-refractivity contribution < 1.29 is 0 Å². The number of imidazole rings is 1. The van der Waals surface area contributed by atoms with Crippen molar-refractivity contribution in [1.82, 2.24) is 14.0 Å². The molecule has 0 saturated heterocycles. The predicted molar refractivity (Wildman–Crippen MR) is 84.7 cm³/mol. The number of hydrogen-bond donors (Lipinski definition) is 0. The highest BCUT2D eigenvalue weighted by Crippen LogP contribution is 2.28. The molecule has 0 atom stereocenters. The molecule has 108 valence electrons. The first kappa shape index (κ1) is 13.6. The molecule has 0 bridgehead atoms. The van der Waals surface area contributed by atoms with Crippen molar-refractivity contribution in [2.45, 2.75) is 33.2 Å². The van der Waals surface area contributed by atoms with E-state index in [2.05, 4.69) is 18.8 Å². The highest BCUT2D eigenvalue weighted by atomic mass is 16.1. The van der Waals surface area contributed by atoms with Crippen LogP contribution in [0, 0.1) is 0 Å². The minimum Gasteiger partial charge on any atom is -0.311 e. The molecule has 1 aromatic carbocycles. The standard InChI is InChI=1S/C17H19N3O/c1-4-19-10-11-20-15(12(2)3)14(18-16(20)17(19)21)13-8-6-5-7-9-13/h5-12H,4H2,1-3H3. The molecule has 0 radical (unpaired) electrons. The van der Waals surface area contributed by atoms with E-state index in [9.17, 15) is 4.79 Å². The van der Waals surface area contributed by atoms with Gasteiger partial charge in [0, 0.05) is 24.5 Å². The number of fused-ring (bicyclic) bond motifs is 1. The molecule has 3 aromatic rings. The summed E-state index contributed by atoms with van der Waals surface area (Å²) in [6.07, 6.45) is 3.77. The lowest BCUT2D eigenvalue weighted by molar-refractivity contribution is 0.713. The molecule has 0 spiro atoms. The Morgan fingerprint density at radius 1 is 1.14 bits per heavy atom. The fourth-order valence-corrected chi connectivity index (χ4v) is 2.70.